The maximum Gasteiger partial charge on any atom is 0.251 e. The third-order valence-electron chi connectivity index (χ3n) is 3.06. The summed E-state index contributed by atoms with van der Waals surface area (Å²) in [4.78, 5) is 13.2. The van der Waals surface area contributed by atoms with Gasteiger partial charge in [0.25, 0.3) is 5.91 Å². The van der Waals surface area contributed by atoms with Crippen LogP contribution in [0.4, 0.5) is 0 Å². The summed E-state index contributed by atoms with van der Waals surface area (Å²) < 4.78 is 0. The van der Waals surface area contributed by atoms with E-state index >= 15 is 0 Å². The maximum absolute atomic E-state index is 12.1. The van der Waals surface area contributed by atoms with Crippen LogP contribution in [0.3, 0.4) is 0 Å². The van der Waals surface area contributed by atoms with Crippen LogP contribution in [0.2, 0.25) is 0 Å². The molecular formula is C15H23NO2S. The first-order chi connectivity index (χ1) is 9.19. The lowest BCUT2D eigenvalue weighted by molar-refractivity contribution is 0.0952. The van der Waals surface area contributed by atoms with E-state index in [1.807, 2.05) is 31.4 Å². The fourth-order valence-corrected chi connectivity index (χ4v) is 2.30. The zero-order chi connectivity index (χ0) is 14.1. The van der Waals surface area contributed by atoms with Crippen molar-refractivity contribution < 1.29 is 9.90 Å². The molecule has 0 aromatic heterocycles. The molecule has 0 aliphatic rings. The molecule has 0 aliphatic carbocycles. The number of carbonyl (C=O) groups excluding carboxylic acids is 1. The Labute approximate surface area is 119 Å². The molecule has 0 spiro atoms. The Balaban J connectivity index is 2.40. The summed E-state index contributed by atoms with van der Waals surface area (Å²) >= 11 is 1.64. The smallest absolute Gasteiger partial charge is 0.251 e. The second-order valence-corrected chi connectivity index (χ2v) is 5.45. The second-order valence-electron chi connectivity index (χ2n) is 4.57. The van der Waals surface area contributed by atoms with E-state index in [1.54, 1.807) is 11.8 Å². The molecule has 3 nitrogen and oxygen atoms in total. The zero-order valence-corrected chi connectivity index (χ0v) is 12.6. The monoisotopic (exact) mass is 281 g/mol. The molecule has 19 heavy (non-hydrogen) atoms. The van der Waals surface area contributed by atoms with Gasteiger partial charge in [0, 0.05) is 23.6 Å². The van der Waals surface area contributed by atoms with Gasteiger partial charge in [-0.05, 0) is 43.7 Å². The molecule has 0 unspecified atom stereocenters. The number of rotatable bonds is 8. The Bertz CT molecular complexity index is 407. The quantitative estimate of drug-likeness (QED) is 0.569. The van der Waals surface area contributed by atoms with E-state index in [0.717, 1.165) is 41.7 Å². The number of thioether (sulfide) groups is 1. The third kappa shape index (κ3) is 5.66. The zero-order valence-electron chi connectivity index (χ0n) is 11.7. The molecule has 0 saturated carbocycles. The molecule has 2 N–H and O–H groups in total. The normalized spacial score (nSPS) is 10.5. The number of hydrogen-bond donors (Lipinski definition) is 2. The molecule has 0 bridgehead atoms. The predicted molar refractivity (Wildman–Crippen MR) is 80.8 cm³/mol. The number of carbonyl (C=O) groups is 1. The molecule has 1 aromatic carbocycles. The number of hydrogen-bond acceptors (Lipinski definition) is 3. The van der Waals surface area contributed by atoms with Crippen LogP contribution in [0, 0.1) is 6.92 Å². The standard InChI is InChI=1S/C15H23NO2S/c1-12-7-8-13(19-2)11-14(12)15(18)16-9-5-3-4-6-10-17/h7-8,11,17H,3-6,9-10H2,1-2H3,(H,16,18). The van der Waals surface area contributed by atoms with Crippen LogP contribution >= 0.6 is 11.8 Å². The molecule has 1 rings (SSSR count). The minimum atomic E-state index is 0.00978. The Morgan fingerprint density at radius 2 is 2.00 bits per heavy atom. The van der Waals surface area contributed by atoms with E-state index in [2.05, 4.69) is 5.32 Å². The summed E-state index contributed by atoms with van der Waals surface area (Å²) in [5.74, 6) is 0.00978. The van der Waals surface area contributed by atoms with Gasteiger partial charge in [-0.15, -0.1) is 11.8 Å². The highest BCUT2D eigenvalue weighted by Crippen LogP contribution is 2.19. The summed E-state index contributed by atoms with van der Waals surface area (Å²) in [5.41, 5.74) is 1.78. The van der Waals surface area contributed by atoms with E-state index in [0.29, 0.717) is 6.54 Å². The number of unbranched alkanes of at least 4 members (excludes halogenated alkanes) is 3. The Morgan fingerprint density at radius 3 is 2.68 bits per heavy atom. The van der Waals surface area contributed by atoms with Gasteiger partial charge in [-0.25, -0.2) is 0 Å². The summed E-state index contributed by atoms with van der Waals surface area (Å²) in [6.45, 7) is 2.92. The highest BCUT2D eigenvalue weighted by molar-refractivity contribution is 7.98. The number of nitrogens with one attached hydrogen (secondary N) is 1. The van der Waals surface area contributed by atoms with Crippen molar-refractivity contribution in [2.75, 3.05) is 19.4 Å². The van der Waals surface area contributed by atoms with Crippen molar-refractivity contribution >= 4 is 17.7 Å². The van der Waals surface area contributed by atoms with Crippen molar-refractivity contribution in [2.45, 2.75) is 37.5 Å². The van der Waals surface area contributed by atoms with Crippen molar-refractivity contribution in [2.24, 2.45) is 0 Å². The van der Waals surface area contributed by atoms with E-state index in [-0.39, 0.29) is 12.5 Å². The van der Waals surface area contributed by atoms with E-state index in [1.165, 1.54) is 0 Å². The van der Waals surface area contributed by atoms with Gasteiger partial charge in [0.1, 0.15) is 0 Å². The van der Waals surface area contributed by atoms with Crippen LogP contribution < -0.4 is 5.32 Å². The van der Waals surface area contributed by atoms with Gasteiger partial charge in [0.2, 0.25) is 0 Å². The van der Waals surface area contributed by atoms with E-state index in [4.69, 9.17) is 5.11 Å². The summed E-state index contributed by atoms with van der Waals surface area (Å²) in [6, 6.07) is 5.97. The topological polar surface area (TPSA) is 49.3 Å². The second kappa shape index (κ2) is 8.99. The first kappa shape index (κ1) is 16.1. The number of benzene rings is 1. The fraction of sp³-hybridized carbons (Fsp3) is 0.533. The molecule has 106 valence electrons. The Kier molecular flexibility index (Phi) is 7.60. The third-order valence-corrected chi connectivity index (χ3v) is 3.79. The largest absolute Gasteiger partial charge is 0.396 e. The highest BCUT2D eigenvalue weighted by atomic mass is 32.2. The SMILES string of the molecule is CSc1ccc(C)c(C(=O)NCCCCCCO)c1. The average molecular weight is 281 g/mol. The number of aliphatic hydroxyl groups is 1. The van der Waals surface area contributed by atoms with Crippen LogP contribution in [-0.4, -0.2) is 30.4 Å². The molecular weight excluding hydrogens is 258 g/mol. The lowest BCUT2D eigenvalue weighted by atomic mass is 10.1. The molecule has 1 amide bonds. The lowest BCUT2D eigenvalue weighted by Gasteiger charge is -2.09. The van der Waals surface area contributed by atoms with Gasteiger partial charge in [-0.2, -0.15) is 0 Å². The van der Waals surface area contributed by atoms with Gasteiger partial charge in [0.15, 0.2) is 0 Å². The average Bonchev–Trinajstić information content (AvgIpc) is 2.43. The van der Waals surface area contributed by atoms with Gasteiger partial charge < -0.3 is 10.4 Å². The van der Waals surface area contributed by atoms with Crippen molar-refractivity contribution in [3.8, 4) is 0 Å². The van der Waals surface area contributed by atoms with Gasteiger partial charge in [-0.3, -0.25) is 4.79 Å². The van der Waals surface area contributed by atoms with Crippen LogP contribution in [-0.2, 0) is 0 Å². The van der Waals surface area contributed by atoms with Gasteiger partial charge in [-0.1, -0.05) is 18.9 Å². The number of amides is 1. The first-order valence-electron chi connectivity index (χ1n) is 6.72. The molecule has 0 radical (unpaired) electrons. The molecule has 1 aromatic rings. The molecule has 0 saturated heterocycles. The summed E-state index contributed by atoms with van der Waals surface area (Å²) in [5, 5.41) is 11.6. The highest BCUT2D eigenvalue weighted by Gasteiger charge is 2.08. The molecule has 0 aliphatic heterocycles. The minimum Gasteiger partial charge on any atom is -0.396 e. The number of aryl methyl sites for hydroxylation is 1. The van der Waals surface area contributed by atoms with Crippen molar-refractivity contribution in [3.05, 3.63) is 29.3 Å². The van der Waals surface area contributed by atoms with Crippen molar-refractivity contribution in [3.63, 3.8) is 0 Å². The van der Waals surface area contributed by atoms with Gasteiger partial charge >= 0.3 is 0 Å². The first-order valence-corrected chi connectivity index (χ1v) is 7.95. The van der Waals surface area contributed by atoms with E-state index < -0.39 is 0 Å². The van der Waals surface area contributed by atoms with Crippen LogP contribution in [0.1, 0.15) is 41.6 Å². The predicted octanol–water partition coefficient (Wildman–Crippen LogP) is 3.00. The van der Waals surface area contributed by atoms with Crippen LogP contribution in [0.5, 0.6) is 0 Å². The molecule has 0 heterocycles. The molecule has 0 fully saturated rings. The van der Waals surface area contributed by atoms with Crippen molar-refractivity contribution in [1.29, 1.82) is 0 Å². The van der Waals surface area contributed by atoms with Crippen LogP contribution in [0.25, 0.3) is 0 Å². The Hall–Kier alpha value is -1.00. The Morgan fingerprint density at radius 1 is 1.26 bits per heavy atom. The van der Waals surface area contributed by atoms with E-state index in [9.17, 15) is 4.79 Å². The minimum absolute atomic E-state index is 0.00978. The fourth-order valence-electron chi connectivity index (χ4n) is 1.86. The maximum atomic E-state index is 12.1. The molecule has 4 heteroatoms. The number of aliphatic hydroxyl groups excluding tert-OH is 1. The summed E-state index contributed by atoms with van der Waals surface area (Å²) in [7, 11) is 0. The van der Waals surface area contributed by atoms with Gasteiger partial charge in [0.05, 0.1) is 0 Å². The van der Waals surface area contributed by atoms with Crippen molar-refractivity contribution in [1.82, 2.24) is 5.32 Å². The lowest BCUT2D eigenvalue weighted by Crippen LogP contribution is -2.25. The summed E-state index contributed by atoms with van der Waals surface area (Å²) in [6.07, 6.45) is 5.89. The molecule has 0 atom stereocenters. The van der Waals surface area contributed by atoms with Crippen LogP contribution in [0.15, 0.2) is 23.1 Å².